The van der Waals surface area contributed by atoms with Crippen molar-refractivity contribution >= 4 is 28.0 Å². The van der Waals surface area contributed by atoms with Crippen LogP contribution in [0.3, 0.4) is 0 Å². The van der Waals surface area contributed by atoms with Crippen molar-refractivity contribution in [2.24, 2.45) is 0 Å². The van der Waals surface area contributed by atoms with E-state index in [1.807, 2.05) is 24.1 Å². The van der Waals surface area contributed by atoms with Gasteiger partial charge in [0.15, 0.2) is 10.8 Å². The number of piperazine rings is 1. The molecule has 0 unspecified atom stereocenters. The molecular formula is C28H24F3N5OS. The summed E-state index contributed by atoms with van der Waals surface area (Å²) >= 11 is 1.11. The van der Waals surface area contributed by atoms with Gasteiger partial charge in [0.05, 0.1) is 27.7 Å². The maximum atomic E-state index is 13.9. The lowest BCUT2D eigenvalue weighted by atomic mass is 9.99. The minimum absolute atomic E-state index is 0.149. The average molecular weight is 536 g/mol. The minimum atomic E-state index is -4.50. The second kappa shape index (κ2) is 11.0. The Morgan fingerprint density at radius 1 is 1.05 bits per heavy atom. The van der Waals surface area contributed by atoms with Gasteiger partial charge >= 0.3 is 6.18 Å². The van der Waals surface area contributed by atoms with E-state index in [0.717, 1.165) is 54.5 Å². The summed E-state index contributed by atoms with van der Waals surface area (Å²) in [6, 6.07) is 7.93. The third-order valence-corrected chi connectivity index (χ3v) is 7.38. The van der Waals surface area contributed by atoms with Crippen molar-refractivity contribution < 1.29 is 18.0 Å². The van der Waals surface area contributed by atoms with Crippen LogP contribution in [-0.2, 0) is 19.1 Å². The van der Waals surface area contributed by atoms with Gasteiger partial charge in [-0.05, 0) is 42.3 Å². The molecule has 6 nitrogen and oxygen atoms in total. The lowest BCUT2D eigenvalue weighted by Crippen LogP contribution is -2.44. The molecular weight excluding hydrogens is 511 g/mol. The number of halogens is 3. The Labute approximate surface area is 222 Å². The van der Waals surface area contributed by atoms with Crippen LogP contribution in [0.15, 0.2) is 55.1 Å². The van der Waals surface area contributed by atoms with E-state index in [2.05, 4.69) is 31.7 Å². The fraction of sp³-hybridized carbons (Fsp3) is 0.286. The summed E-state index contributed by atoms with van der Waals surface area (Å²) in [7, 11) is 2.00. The maximum Gasteiger partial charge on any atom is 0.416 e. The second-order valence-electron chi connectivity index (χ2n) is 9.21. The van der Waals surface area contributed by atoms with Crippen molar-refractivity contribution in [2.75, 3.05) is 33.2 Å². The zero-order valence-electron chi connectivity index (χ0n) is 20.6. The number of aromatic nitrogens is 3. The number of Topliss-reactive ketones (excluding diaryl/α,β-unsaturated/α-hetero) is 1. The molecule has 1 saturated heterocycles. The van der Waals surface area contributed by atoms with Gasteiger partial charge in [0.2, 0.25) is 0 Å². The molecule has 0 amide bonds. The summed E-state index contributed by atoms with van der Waals surface area (Å²) in [6.07, 6.45) is 1.77. The van der Waals surface area contributed by atoms with Crippen molar-refractivity contribution in [3.63, 3.8) is 0 Å². The first-order chi connectivity index (χ1) is 18.3. The molecule has 1 aromatic carbocycles. The minimum Gasteiger partial charge on any atom is -0.304 e. The lowest BCUT2D eigenvalue weighted by molar-refractivity contribution is -0.138. The van der Waals surface area contributed by atoms with Gasteiger partial charge in [-0.1, -0.05) is 18.1 Å². The second-order valence-corrected chi connectivity index (χ2v) is 10.2. The molecule has 194 valence electrons. The molecule has 0 N–H and O–H groups in total. The standard InChI is InChI=1S/C28H24F3N5OS/c1-35-9-11-36(12-10-35)18-22-5-4-19(13-23(22)28(29,30)31)14-24(37)25-17-34-26(38-25)7-6-21-16-32-15-20-3-2-8-33-27(20)21/h2-5,8,13,15-17H,9-12,14,18H2,1H3. The number of pyridine rings is 2. The monoisotopic (exact) mass is 535 g/mol. The van der Waals surface area contributed by atoms with Crippen molar-refractivity contribution in [3.8, 4) is 11.8 Å². The van der Waals surface area contributed by atoms with E-state index >= 15 is 0 Å². The number of alkyl halides is 3. The molecule has 5 rings (SSSR count). The van der Waals surface area contributed by atoms with Crippen molar-refractivity contribution in [2.45, 2.75) is 19.1 Å². The summed E-state index contributed by atoms with van der Waals surface area (Å²) in [5.74, 6) is 5.64. The average Bonchev–Trinajstić information content (AvgIpc) is 3.38. The van der Waals surface area contributed by atoms with Gasteiger partial charge in [0, 0.05) is 63.1 Å². The molecule has 0 aliphatic carbocycles. The van der Waals surface area contributed by atoms with Gasteiger partial charge in [-0.15, -0.1) is 11.3 Å². The van der Waals surface area contributed by atoms with Crippen LogP contribution in [0, 0.1) is 11.8 Å². The number of likely N-dealkylation sites (N-methyl/N-ethyl adjacent to an activating group) is 1. The number of carbonyl (C=O) groups is 1. The van der Waals surface area contributed by atoms with Gasteiger partial charge in [-0.2, -0.15) is 13.2 Å². The molecule has 0 spiro atoms. The summed E-state index contributed by atoms with van der Waals surface area (Å²) < 4.78 is 41.7. The van der Waals surface area contributed by atoms with Crippen molar-refractivity contribution in [1.82, 2.24) is 24.8 Å². The third kappa shape index (κ3) is 6.07. The number of hydrogen-bond acceptors (Lipinski definition) is 7. The van der Waals surface area contributed by atoms with Gasteiger partial charge in [-0.3, -0.25) is 19.7 Å². The lowest BCUT2D eigenvalue weighted by Gasteiger charge is -2.33. The van der Waals surface area contributed by atoms with E-state index in [4.69, 9.17) is 0 Å². The van der Waals surface area contributed by atoms with Crippen LogP contribution in [0.4, 0.5) is 13.2 Å². The van der Waals surface area contributed by atoms with Crippen LogP contribution in [-0.4, -0.2) is 63.8 Å². The van der Waals surface area contributed by atoms with E-state index in [0.29, 0.717) is 21.0 Å². The van der Waals surface area contributed by atoms with E-state index in [-0.39, 0.29) is 24.3 Å². The molecule has 38 heavy (non-hydrogen) atoms. The van der Waals surface area contributed by atoms with Gasteiger partial charge in [0.1, 0.15) is 0 Å². The van der Waals surface area contributed by atoms with Gasteiger partial charge < -0.3 is 4.90 Å². The summed E-state index contributed by atoms with van der Waals surface area (Å²) in [5, 5.41) is 1.29. The Hall–Kier alpha value is -3.65. The SMILES string of the molecule is CN1CCN(Cc2ccc(CC(=O)c3cnc(C#Cc4cncc5cccnc45)s3)cc2C(F)(F)F)CC1. The summed E-state index contributed by atoms with van der Waals surface area (Å²) in [6.45, 7) is 3.32. The van der Waals surface area contributed by atoms with Crippen LogP contribution in [0.2, 0.25) is 0 Å². The molecule has 4 aromatic rings. The Bertz CT molecular complexity index is 1530. The number of rotatable bonds is 5. The number of fused-ring (bicyclic) bond motifs is 1. The van der Waals surface area contributed by atoms with Crippen LogP contribution in [0.5, 0.6) is 0 Å². The fourth-order valence-corrected chi connectivity index (χ4v) is 5.04. The van der Waals surface area contributed by atoms with Gasteiger partial charge in [0.25, 0.3) is 0 Å². The molecule has 1 aliphatic heterocycles. The van der Waals surface area contributed by atoms with Crippen molar-refractivity contribution in [3.05, 3.63) is 87.3 Å². The molecule has 1 fully saturated rings. The third-order valence-electron chi connectivity index (χ3n) is 6.43. The molecule has 10 heteroatoms. The smallest absolute Gasteiger partial charge is 0.304 e. The van der Waals surface area contributed by atoms with E-state index in [9.17, 15) is 18.0 Å². The summed E-state index contributed by atoms with van der Waals surface area (Å²) in [5.41, 5.74) is 1.22. The Morgan fingerprint density at radius 2 is 1.87 bits per heavy atom. The van der Waals surface area contributed by atoms with Gasteiger partial charge in [-0.25, -0.2) is 4.98 Å². The summed E-state index contributed by atoms with van der Waals surface area (Å²) in [4.78, 5) is 30.1. The normalized spacial score (nSPS) is 14.8. The highest BCUT2D eigenvalue weighted by Crippen LogP contribution is 2.34. The highest BCUT2D eigenvalue weighted by Gasteiger charge is 2.34. The Balaban J connectivity index is 1.30. The fourth-order valence-electron chi connectivity index (χ4n) is 4.33. The van der Waals surface area contributed by atoms with Crippen LogP contribution in [0.1, 0.15) is 36.9 Å². The van der Waals surface area contributed by atoms with E-state index < -0.39 is 11.7 Å². The van der Waals surface area contributed by atoms with Crippen molar-refractivity contribution in [1.29, 1.82) is 0 Å². The number of ketones is 1. The topological polar surface area (TPSA) is 62.2 Å². The molecule has 0 atom stereocenters. The highest BCUT2D eigenvalue weighted by molar-refractivity contribution is 7.14. The van der Waals surface area contributed by atoms with Crippen LogP contribution in [0.25, 0.3) is 10.9 Å². The molecule has 1 aliphatic rings. The van der Waals surface area contributed by atoms with E-state index in [1.165, 1.54) is 12.3 Å². The number of carbonyl (C=O) groups excluding carboxylic acids is 1. The molecule has 3 aromatic heterocycles. The predicted molar refractivity (Wildman–Crippen MR) is 140 cm³/mol. The Kier molecular flexibility index (Phi) is 7.51. The number of hydrogen-bond donors (Lipinski definition) is 0. The molecule has 0 radical (unpaired) electrons. The first kappa shape index (κ1) is 26.0. The van der Waals surface area contributed by atoms with E-state index in [1.54, 1.807) is 24.7 Å². The van der Waals surface area contributed by atoms with Crippen LogP contribution >= 0.6 is 11.3 Å². The maximum absolute atomic E-state index is 13.9. The zero-order valence-corrected chi connectivity index (χ0v) is 21.4. The first-order valence-corrected chi connectivity index (χ1v) is 12.9. The largest absolute Gasteiger partial charge is 0.416 e. The van der Waals surface area contributed by atoms with Crippen LogP contribution < -0.4 is 0 Å². The Morgan fingerprint density at radius 3 is 2.66 bits per heavy atom. The predicted octanol–water partition coefficient (Wildman–Crippen LogP) is 4.68. The quantitative estimate of drug-likeness (QED) is 0.273. The first-order valence-electron chi connectivity index (χ1n) is 12.1. The molecule has 4 heterocycles. The number of thiazole rings is 1. The molecule has 0 bridgehead atoms. The number of benzene rings is 1. The number of nitrogens with zero attached hydrogens (tertiary/aromatic N) is 5. The highest BCUT2D eigenvalue weighted by atomic mass is 32.1. The molecule has 0 saturated carbocycles. The zero-order chi connectivity index (χ0) is 26.7.